The van der Waals surface area contributed by atoms with Crippen LogP contribution < -0.4 is 5.32 Å². The van der Waals surface area contributed by atoms with Gasteiger partial charge in [-0.3, -0.25) is 0 Å². The largest absolute Gasteiger partial charge is 0.326 e. The van der Waals surface area contributed by atoms with Gasteiger partial charge in [0.2, 0.25) is 5.95 Å². The van der Waals surface area contributed by atoms with Crippen LogP contribution in [0.1, 0.15) is 43.0 Å². The van der Waals surface area contributed by atoms with E-state index in [1.165, 1.54) is 5.56 Å². The molecule has 3 aromatic carbocycles. The molecule has 0 saturated heterocycles. The highest BCUT2D eigenvalue weighted by Gasteiger charge is 2.19. The first-order valence-corrected chi connectivity index (χ1v) is 11.0. The highest BCUT2D eigenvalue weighted by molar-refractivity contribution is 5.83. The lowest BCUT2D eigenvalue weighted by Crippen LogP contribution is -2.17. The molecule has 4 heteroatoms. The molecule has 0 unspecified atom stereocenters. The van der Waals surface area contributed by atoms with Crippen LogP contribution in [0.5, 0.6) is 0 Å². The van der Waals surface area contributed by atoms with Crippen molar-refractivity contribution in [2.24, 2.45) is 0 Å². The van der Waals surface area contributed by atoms with Crippen molar-refractivity contribution in [3.05, 3.63) is 95.6 Å². The molecule has 4 rings (SSSR count). The van der Waals surface area contributed by atoms with Gasteiger partial charge in [0.25, 0.3) is 0 Å². The Morgan fingerprint density at radius 1 is 1.03 bits per heavy atom. The lowest BCUT2D eigenvalue weighted by Gasteiger charge is -2.18. The van der Waals surface area contributed by atoms with Crippen LogP contribution >= 0.6 is 0 Å². The van der Waals surface area contributed by atoms with E-state index in [2.05, 4.69) is 71.9 Å². The van der Waals surface area contributed by atoms with Crippen LogP contribution in [-0.4, -0.2) is 15.2 Å². The number of rotatable bonds is 7. The van der Waals surface area contributed by atoms with Gasteiger partial charge in [0.05, 0.1) is 17.6 Å². The molecule has 0 bridgehead atoms. The fourth-order valence-electron chi connectivity index (χ4n) is 3.92. The van der Waals surface area contributed by atoms with Gasteiger partial charge in [0, 0.05) is 12.1 Å². The monoisotopic (exact) mass is 427 g/mol. The fraction of sp³-hybridized carbons (Fsp3) is 0.250. The zero-order chi connectivity index (χ0) is 22.9. The molecule has 1 heterocycles. The molecule has 0 aliphatic heterocycles. The van der Waals surface area contributed by atoms with Crippen LogP contribution in [0, 0.1) is 6.92 Å². The van der Waals surface area contributed by atoms with Crippen LogP contribution in [0.3, 0.4) is 0 Å². The van der Waals surface area contributed by atoms with Crippen molar-refractivity contribution in [3.63, 3.8) is 0 Å². The normalized spacial score (nSPS) is 11.7. The number of hydrogen-bond acceptors (Lipinski definition) is 2. The molecular weight excluding hydrogens is 397 g/mol. The summed E-state index contributed by atoms with van der Waals surface area (Å²) in [5, 5.41) is 3.48. The molecule has 1 aromatic heterocycles. The molecule has 0 spiro atoms. The minimum atomic E-state index is -1.27. The Labute approximate surface area is 189 Å². The van der Waals surface area contributed by atoms with Gasteiger partial charge in [-0.25, -0.2) is 9.37 Å². The summed E-state index contributed by atoms with van der Waals surface area (Å²) in [7, 11) is 0. The average Bonchev–Trinajstić information content (AvgIpc) is 3.06. The molecule has 4 aromatic rings. The van der Waals surface area contributed by atoms with E-state index in [0.29, 0.717) is 13.0 Å². The summed E-state index contributed by atoms with van der Waals surface area (Å²) in [6.45, 7) is 12.0. The van der Waals surface area contributed by atoms with E-state index in [9.17, 15) is 4.39 Å². The van der Waals surface area contributed by atoms with Crippen LogP contribution in [0.25, 0.3) is 16.6 Å². The van der Waals surface area contributed by atoms with E-state index in [-0.39, 0.29) is 0 Å². The number of imidazole rings is 1. The van der Waals surface area contributed by atoms with Gasteiger partial charge >= 0.3 is 0 Å². The second-order valence-electron chi connectivity index (χ2n) is 9.16. The van der Waals surface area contributed by atoms with Crippen molar-refractivity contribution in [3.8, 4) is 0 Å². The van der Waals surface area contributed by atoms with Crippen molar-refractivity contribution < 1.29 is 4.39 Å². The SMILES string of the molecule is C=C(C)c1ccc2c(c1)nc(Nc1ccc(C)cc1)n2Cc1ccccc1CC(C)(C)F. The fourth-order valence-corrected chi connectivity index (χ4v) is 3.92. The van der Waals surface area contributed by atoms with Crippen LogP contribution in [0.4, 0.5) is 16.0 Å². The number of fused-ring (bicyclic) bond motifs is 1. The predicted octanol–water partition coefficient (Wildman–Crippen LogP) is 7.46. The molecule has 3 nitrogen and oxygen atoms in total. The highest BCUT2D eigenvalue weighted by atomic mass is 19.1. The number of benzene rings is 3. The zero-order valence-corrected chi connectivity index (χ0v) is 19.2. The first-order chi connectivity index (χ1) is 15.2. The van der Waals surface area contributed by atoms with Crippen LogP contribution in [0.15, 0.2) is 73.3 Å². The van der Waals surface area contributed by atoms with Gasteiger partial charge in [0.15, 0.2) is 0 Å². The molecule has 0 saturated carbocycles. The Morgan fingerprint density at radius 2 is 1.72 bits per heavy atom. The van der Waals surface area contributed by atoms with Gasteiger partial charge in [-0.1, -0.05) is 60.2 Å². The smallest absolute Gasteiger partial charge is 0.208 e. The summed E-state index contributed by atoms with van der Waals surface area (Å²) < 4.78 is 16.6. The number of anilines is 2. The van der Waals surface area contributed by atoms with Crippen molar-refractivity contribution in [1.29, 1.82) is 0 Å². The Bertz CT molecular complexity index is 1260. The van der Waals surface area contributed by atoms with E-state index in [4.69, 9.17) is 4.98 Å². The topological polar surface area (TPSA) is 29.9 Å². The van der Waals surface area contributed by atoms with Gasteiger partial charge in [-0.2, -0.15) is 0 Å². The number of hydrogen-bond donors (Lipinski definition) is 1. The summed E-state index contributed by atoms with van der Waals surface area (Å²) in [5.41, 5.74) is 7.03. The lowest BCUT2D eigenvalue weighted by molar-refractivity contribution is 0.216. The van der Waals surface area contributed by atoms with E-state index < -0.39 is 5.67 Å². The standard InChI is InChI=1S/C28H30FN3/c1-19(2)21-12-15-26-25(16-21)31-27(30-24-13-10-20(3)11-14-24)32(26)18-23-9-7-6-8-22(23)17-28(4,5)29/h6-16H,1,17-18H2,2-5H3,(H,30,31). The Balaban J connectivity index is 1.80. The van der Waals surface area contributed by atoms with Crippen molar-refractivity contribution in [1.82, 2.24) is 9.55 Å². The minimum Gasteiger partial charge on any atom is -0.326 e. The molecule has 0 aliphatic carbocycles. The van der Waals surface area contributed by atoms with Gasteiger partial charge in [-0.15, -0.1) is 0 Å². The van der Waals surface area contributed by atoms with Crippen molar-refractivity contribution >= 4 is 28.2 Å². The maximum Gasteiger partial charge on any atom is 0.208 e. The third kappa shape index (κ3) is 4.91. The predicted molar refractivity (Wildman–Crippen MR) is 133 cm³/mol. The lowest BCUT2D eigenvalue weighted by atomic mass is 9.96. The van der Waals surface area contributed by atoms with Gasteiger partial charge < -0.3 is 9.88 Å². The van der Waals surface area contributed by atoms with E-state index in [1.54, 1.807) is 13.8 Å². The zero-order valence-electron chi connectivity index (χ0n) is 19.2. The maximum atomic E-state index is 14.5. The molecule has 0 fully saturated rings. The first kappa shape index (κ1) is 21.8. The average molecular weight is 428 g/mol. The van der Waals surface area contributed by atoms with Gasteiger partial charge in [-0.05, 0) is 68.7 Å². The third-order valence-corrected chi connectivity index (χ3v) is 5.61. The highest BCUT2D eigenvalue weighted by Crippen LogP contribution is 2.28. The van der Waals surface area contributed by atoms with E-state index in [0.717, 1.165) is 44.9 Å². The van der Waals surface area contributed by atoms with Crippen LogP contribution in [-0.2, 0) is 13.0 Å². The number of allylic oxidation sites excluding steroid dienone is 1. The third-order valence-electron chi connectivity index (χ3n) is 5.61. The second-order valence-corrected chi connectivity index (χ2v) is 9.16. The Morgan fingerprint density at radius 3 is 2.38 bits per heavy atom. The van der Waals surface area contributed by atoms with Crippen molar-refractivity contribution in [2.75, 3.05) is 5.32 Å². The van der Waals surface area contributed by atoms with Crippen LogP contribution in [0.2, 0.25) is 0 Å². The molecular formula is C28H30FN3. The number of aryl methyl sites for hydroxylation is 1. The molecule has 164 valence electrons. The molecule has 1 N–H and O–H groups in total. The number of alkyl halides is 1. The number of halogens is 1. The van der Waals surface area contributed by atoms with Crippen molar-refractivity contribution in [2.45, 2.75) is 46.3 Å². The quantitative estimate of drug-likeness (QED) is 0.332. The molecule has 0 aliphatic rings. The Kier molecular flexibility index (Phi) is 5.88. The summed E-state index contributed by atoms with van der Waals surface area (Å²) in [6.07, 6.45) is 0.371. The van der Waals surface area contributed by atoms with E-state index >= 15 is 0 Å². The summed E-state index contributed by atoms with van der Waals surface area (Å²) in [6, 6.07) is 22.6. The molecule has 0 radical (unpaired) electrons. The number of nitrogens with zero attached hydrogens (tertiary/aromatic N) is 2. The number of nitrogens with one attached hydrogen (secondary N) is 1. The molecule has 0 atom stereocenters. The van der Waals surface area contributed by atoms with Gasteiger partial charge in [0.1, 0.15) is 5.67 Å². The molecule has 0 amide bonds. The second kappa shape index (κ2) is 8.62. The Hall–Kier alpha value is -3.40. The summed E-state index contributed by atoms with van der Waals surface area (Å²) in [5.74, 6) is 0.761. The first-order valence-electron chi connectivity index (χ1n) is 11.0. The number of aromatic nitrogens is 2. The summed E-state index contributed by atoms with van der Waals surface area (Å²) in [4.78, 5) is 4.91. The summed E-state index contributed by atoms with van der Waals surface area (Å²) >= 11 is 0. The minimum absolute atomic E-state index is 0.371. The van der Waals surface area contributed by atoms with E-state index in [1.807, 2.05) is 25.1 Å². The maximum absolute atomic E-state index is 14.5. The molecule has 32 heavy (non-hydrogen) atoms.